The van der Waals surface area contributed by atoms with Crippen LogP contribution in [0.4, 0.5) is 0 Å². The molecule has 5 heteroatoms. The van der Waals surface area contributed by atoms with E-state index in [0.29, 0.717) is 6.04 Å². The molecule has 2 fully saturated rings. The molecule has 1 amide bonds. The number of amides is 1. The molecule has 1 aliphatic heterocycles. The van der Waals surface area contributed by atoms with E-state index >= 15 is 0 Å². The molecule has 1 aliphatic carbocycles. The first-order valence-electron chi connectivity index (χ1n) is 6.49. The Bertz CT molecular complexity index is 268. The normalized spacial score (nSPS) is 27.8. The third-order valence-corrected chi connectivity index (χ3v) is 3.31. The quantitative estimate of drug-likeness (QED) is 0.686. The van der Waals surface area contributed by atoms with Gasteiger partial charge in [-0.25, -0.2) is 0 Å². The molecule has 1 saturated carbocycles. The lowest BCUT2D eigenvalue weighted by Crippen LogP contribution is -2.49. The maximum Gasteiger partial charge on any atom is 0.237 e. The van der Waals surface area contributed by atoms with Crippen molar-refractivity contribution < 1.29 is 9.53 Å². The zero-order valence-corrected chi connectivity index (χ0v) is 10.7. The second-order valence-electron chi connectivity index (χ2n) is 5.17. The highest BCUT2D eigenvalue weighted by Crippen LogP contribution is 2.18. The van der Waals surface area contributed by atoms with E-state index in [9.17, 15) is 4.79 Å². The molecule has 1 saturated heterocycles. The van der Waals surface area contributed by atoms with Crippen LogP contribution in [0.15, 0.2) is 0 Å². The Balaban J connectivity index is 1.64. The highest BCUT2D eigenvalue weighted by molar-refractivity contribution is 5.81. The number of morpholine rings is 1. The van der Waals surface area contributed by atoms with Crippen molar-refractivity contribution in [1.82, 2.24) is 15.5 Å². The van der Waals surface area contributed by atoms with Gasteiger partial charge in [0.05, 0.1) is 18.8 Å². The Kier molecular flexibility index (Phi) is 4.36. The number of nitrogens with zero attached hydrogens (tertiary/aromatic N) is 1. The second-order valence-corrected chi connectivity index (χ2v) is 5.17. The Morgan fingerprint density at radius 1 is 1.53 bits per heavy atom. The molecule has 0 aromatic carbocycles. The summed E-state index contributed by atoms with van der Waals surface area (Å²) in [5.74, 6) is 0.108. The number of hydrogen-bond donors (Lipinski definition) is 2. The van der Waals surface area contributed by atoms with Crippen LogP contribution >= 0.6 is 0 Å². The van der Waals surface area contributed by atoms with Crippen molar-refractivity contribution in [2.45, 2.75) is 38.0 Å². The lowest BCUT2D eigenvalue weighted by molar-refractivity contribution is -0.123. The van der Waals surface area contributed by atoms with Crippen molar-refractivity contribution in [3.63, 3.8) is 0 Å². The maximum atomic E-state index is 11.7. The van der Waals surface area contributed by atoms with Crippen LogP contribution in [0.2, 0.25) is 0 Å². The largest absolute Gasteiger partial charge is 0.374 e. The highest BCUT2D eigenvalue weighted by Gasteiger charge is 2.26. The van der Waals surface area contributed by atoms with Gasteiger partial charge in [-0.2, -0.15) is 0 Å². The Hall–Kier alpha value is -0.650. The first-order valence-corrected chi connectivity index (χ1v) is 6.49. The lowest BCUT2D eigenvalue weighted by Gasteiger charge is -2.30. The van der Waals surface area contributed by atoms with Crippen LogP contribution in [0.25, 0.3) is 0 Å². The summed E-state index contributed by atoms with van der Waals surface area (Å²) in [6.45, 7) is 5.36. The van der Waals surface area contributed by atoms with Gasteiger partial charge in [0, 0.05) is 25.7 Å². The number of likely N-dealkylation sites (N-methyl/N-ethyl adjacent to an activating group) is 1. The van der Waals surface area contributed by atoms with E-state index in [-0.39, 0.29) is 18.1 Å². The summed E-state index contributed by atoms with van der Waals surface area (Å²) in [6, 6.07) is 0.301. The predicted molar refractivity (Wildman–Crippen MR) is 65.9 cm³/mol. The molecule has 2 N–H and O–H groups in total. The molecular formula is C12H23N3O2. The molecule has 2 aliphatic rings. The van der Waals surface area contributed by atoms with Gasteiger partial charge in [-0.15, -0.1) is 0 Å². The van der Waals surface area contributed by atoms with E-state index in [1.165, 1.54) is 0 Å². The van der Waals surface area contributed by atoms with Crippen LogP contribution in [0, 0.1) is 0 Å². The van der Waals surface area contributed by atoms with E-state index < -0.39 is 0 Å². The number of carbonyl (C=O) groups is 1. The standard InChI is InChI=1S/C12H23N3O2/c1-9(12(16)14-10-3-4-10)13-7-11-8-15(2)5-6-17-11/h9-11,13H,3-8H2,1-2H3,(H,14,16). The van der Waals surface area contributed by atoms with E-state index in [0.717, 1.165) is 39.1 Å². The minimum atomic E-state index is -0.133. The molecule has 0 aromatic heterocycles. The Labute approximate surface area is 103 Å². The van der Waals surface area contributed by atoms with Crippen LogP contribution in [-0.4, -0.2) is 62.3 Å². The van der Waals surface area contributed by atoms with E-state index in [1.807, 2.05) is 6.92 Å². The fourth-order valence-electron chi connectivity index (χ4n) is 1.95. The molecule has 2 rings (SSSR count). The summed E-state index contributed by atoms with van der Waals surface area (Å²) >= 11 is 0. The van der Waals surface area contributed by atoms with Gasteiger partial charge in [-0.3, -0.25) is 4.79 Å². The van der Waals surface area contributed by atoms with Gasteiger partial charge < -0.3 is 20.3 Å². The third kappa shape index (κ3) is 4.26. The summed E-state index contributed by atoms with van der Waals surface area (Å²) < 4.78 is 5.64. The van der Waals surface area contributed by atoms with Gasteiger partial charge in [0.15, 0.2) is 0 Å². The van der Waals surface area contributed by atoms with Gasteiger partial charge in [0.2, 0.25) is 5.91 Å². The summed E-state index contributed by atoms with van der Waals surface area (Å²) in [5.41, 5.74) is 0. The number of ether oxygens (including phenoxy) is 1. The SMILES string of the molecule is CC(NCC1CN(C)CCO1)C(=O)NC1CC1. The summed E-state index contributed by atoms with van der Waals surface area (Å²) in [7, 11) is 2.10. The summed E-state index contributed by atoms with van der Waals surface area (Å²) in [4.78, 5) is 14.0. The molecule has 98 valence electrons. The smallest absolute Gasteiger partial charge is 0.237 e. The zero-order chi connectivity index (χ0) is 12.3. The average molecular weight is 241 g/mol. The number of nitrogens with one attached hydrogen (secondary N) is 2. The van der Waals surface area contributed by atoms with Gasteiger partial charge in [0.1, 0.15) is 0 Å². The van der Waals surface area contributed by atoms with E-state index in [4.69, 9.17) is 4.74 Å². The van der Waals surface area contributed by atoms with Crippen LogP contribution in [-0.2, 0) is 9.53 Å². The summed E-state index contributed by atoms with van der Waals surface area (Å²) in [5, 5.41) is 6.24. The number of hydrogen-bond acceptors (Lipinski definition) is 4. The number of carbonyl (C=O) groups excluding carboxylic acids is 1. The molecule has 2 unspecified atom stereocenters. The predicted octanol–water partition coefficient (Wildman–Crippen LogP) is -0.426. The Morgan fingerprint density at radius 3 is 2.94 bits per heavy atom. The molecule has 17 heavy (non-hydrogen) atoms. The second kappa shape index (κ2) is 5.80. The molecular weight excluding hydrogens is 218 g/mol. The first-order chi connectivity index (χ1) is 8.15. The zero-order valence-electron chi connectivity index (χ0n) is 10.7. The van der Waals surface area contributed by atoms with Crippen molar-refractivity contribution >= 4 is 5.91 Å². The van der Waals surface area contributed by atoms with Crippen molar-refractivity contribution in [3.8, 4) is 0 Å². The van der Waals surface area contributed by atoms with Crippen molar-refractivity contribution in [3.05, 3.63) is 0 Å². The molecule has 0 bridgehead atoms. The number of rotatable bonds is 5. The van der Waals surface area contributed by atoms with Crippen LogP contribution in [0.1, 0.15) is 19.8 Å². The minimum Gasteiger partial charge on any atom is -0.374 e. The van der Waals surface area contributed by atoms with Crippen LogP contribution in [0.3, 0.4) is 0 Å². The molecule has 1 heterocycles. The minimum absolute atomic E-state index is 0.108. The fourth-order valence-corrected chi connectivity index (χ4v) is 1.95. The highest BCUT2D eigenvalue weighted by atomic mass is 16.5. The van der Waals surface area contributed by atoms with E-state index in [2.05, 4.69) is 22.6 Å². The fraction of sp³-hybridized carbons (Fsp3) is 0.917. The van der Waals surface area contributed by atoms with Gasteiger partial charge in [0.25, 0.3) is 0 Å². The molecule has 0 spiro atoms. The van der Waals surface area contributed by atoms with Crippen molar-refractivity contribution in [2.75, 3.05) is 33.3 Å². The Morgan fingerprint density at radius 2 is 2.29 bits per heavy atom. The monoisotopic (exact) mass is 241 g/mol. The van der Waals surface area contributed by atoms with Crippen LogP contribution < -0.4 is 10.6 Å². The van der Waals surface area contributed by atoms with Crippen LogP contribution in [0.5, 0.6) is 0 Å². The molecule has 0 radical (unpaired) electrons. The maximum absolute atomic E-state index is 11.7. The lowest BCUT2D eigenvalue weighted by atomic mass is 10.2. The average Bonchev–Trinajstić information content (AvgIpc) is 3.10. The van der Waals surface area contributed by atoms with Crippen molar-refractivity contribution in [1.29, 1.82) is 0 Å². The topological polar surface area (TPSA) is 53.6 Å². The van der Waals surface area contributed by atoms with Gasteiger partial charge in [-0.1, -0.05) is 0 Å². The van der Waals surface area contributed by atoms with E-state index in [1.54, 1.807) is 0 Å². The third-order valence-electron chi connectivity index (χ3n) is 3.31. The first kappa shape index (κ1) is 12.8. The van der Waals surface area contributed by atoms with Crippen molar-refractivity contribution in [2.24, 2.45) is 0 Å². The molecule has 0 aromatic rings. The van der Waals surface area contributed by atoms with Gasteiger partial charge >= 0.3 is 0 Å². The molecule has 2 atom stereocenters. The van der Waals surface area contributed by atoms with Gasteiger partial charge in [-0.05, 0) is 26.8 Å². The molecule has 5 nitrogen and oxygen atoms in total. The summed E-state index contributed by atoms with van der Waals surface area (Å²) in [6.07, 6.45) is 2.47.